The van der Waals surface area contributed by atoms with Crippen molar-refractivity contribution >= 4 is 11.8 Å². The number of hydrogen-bond acceptors (Lipinski definition) is 2. The lowest BCUT2D eigenvalue weighted by Gasteiger charge is -2.32. The van der Waals surface area contributed by atoms with E-state index in [1.54, 1.807) is 0 Å². The topological polar surface area (TPSA) is 54.4 Å². The van der Waals surface area contributed by atoms with Crippen molar-refractivity contribution in [3.8, 4) is 0 Å². The lowest BCUT2D eigenvalue weighted by Crippen LogP contribution is -2.36. The molecule has 0 aliphatic heterocycles. The molecule has 0 aromatic carbocycles. The summed E-state index contributed by atoms with van der Waals surface area (Å²) in [6.07, 6.45) is 5.65. The minimum Gasteiger partial charge on any atom is -0.481 e. The van der Waals surface area contributed by atoms with Gasteiger partial charge in [0.15, 0.2) is 0 Å². The summed E-state index contributed by atoms with van der Waals surface area (Å²) in [5.74, 6) is -0.950. The highest BCUT2D eigenvalue weighted by molar-refractivity contribution is 5.88. The molecule has 0 spiro atoms. The van der Waals surface area contributed by atoms with Crippen LogP contribution in [0.2, 0.25) is 0 Å². The van der Waals surface area contributed by atoms with Crippen molar-refractivity contribution in [1.29, 1.82) is 0 Å². The molecule has 3 atom stereocenters. The number of Topliss-reactive ketones (excluding diaryl/α,β-unsaturated/α-hetero) is 1. The molecule has 1 fully saturated rings. The Kier molecular flexibility index (Phi) is 1.94. The summed E-state index contributed by atoms with van der Waals surface area (Å²) in [5, 5.41) is 8.84. The normalized spacial score (nSPS) is 37.5. The Balaban J connectivity index is 2.18. The molecule has 0 heterocycles. The number of carboxylic acids is 1. The van der Waals surface area contributed by atoms with E-state index in [2.05, 4.69) is 0 Å². The zero-order valence-electron chi connectivity index (χ0n) is 7.27. The molecule has 0 aromatic heterocycles. The largest absolute Gasteiger partial charge is 0.481 e. The molecule has 3 nitrogen and oxygen atoms in total. The van der Waals surface area contributed by atoms with Gasteiger partial charge in [0.25, 0.3) is 0 Å². The second-order valence-corrected chi connectivity index (χ2v) is 3.88. The summed E-state index contributed by atoms with van der Waals surface area (Å²) in [6, 6.07) is 0. The lowest BCUT2D eigenvalue weighted by molar-refractivity contribution is -0.145. The van der Waals surface area contributed by atoms with Crippen LogP contribution >= 0.6 is 0 Å². The van der Waals surface area contributed by atoms with Gasteiger partial charge in [-0.15, -0.1) is 0 Å². The fraction of sp³-hybridized carbons (Fsp3) is 0.600. The van der Waals surface area contributed by atoms with E-state index in [0.717, 1.165) is 6.42 Å². The molecule has 13 heavy (non-hydrogen) atoms. The molecule has 0 saturated heterocycles. The quantitative estimate of drug-likeness (QED) is 0.618. The molecule has 2 aliphatic rings. The summed E-state index contributed by atoms with van der Waals surface area (Å²) in [4.78, 5) is 22.3. The third-order valence-corrected chi connectivity index (χ3v) is 3.01. The average Bonchev–Trinajstić information content (AvgIpc) is 2.02. The first-order valence-electron chi connectivity index (χ1n) is 4.61. The minimum atomic E-state index is -0.752. The van der Waals surface area contributed by atoms with Gasteiger partial charge in [-0.05, 0) is 19.3 Å². The molecule has 1 N–H and O–H groups in total. The molecular formula is C10H12O3. The van der Waals surface area contributed by atoms with Crippen LogP contribution in [0.1, 0.15) is 19.3 Å². The molecular weight excluding hydrogens is 168 g/mol. The van der Waals surface area contributed by atoms with Crippen LogP contribution in [0.3, 0.4) is 0 Å². The molecule has 0 radical (unpaired) electrons. The van der Waals surface area contributed by atoms with Crippen LogP contribution in [0.4, 0.5) is 0 Å². The third-order valence-electron chi connectivity index (χ3n) is 3.01. The SMILES string of the molecule is O=C(O)[C@@H]1C[C@@H]2CC=C[C@H](C1)C2=O. The van der Waals surface area contributed by atoms with E-state index < -0.39 is 5.97 Å². The van der Waals surface area contributed by atoms with Gasteiger partial charge in [0.2, 0.25) is 0 Å². The molecule has 0 amide bonds. The Morgan fingerprint density at radius 2 is 2.23 bits per heavy atom. The standard InChI is InChI=1S/C10H12O3/c11-9-6-2-1-3-7(9)5-8(4-6)10(12)13/h1-2,6-8H,3-5H2,(H,12,13)/t6-,7+,8+/m1/s1. The fourth-order valence-corrected chi connectivity index (χ4v) is 2.28. The Labute approximate surface area is 76.4 Å². The van der Waals surface area contributed by atoms with Crippen LogP contribution < -0.4 is 0 Å². The maximum Gasteiger partial charge on any atom is 0.306 e. The maximum absolute atomic E-state index is 11.5. The molecule has 0 unspecified atom stereocenters. The van der Waals surface area contributed by atoms with E-state index in [9.17, 15) is 9.59 Å². The van der Waals surface area contributed by atoms with Crippen LogP contribution in [0.25, 0.3) is 0 Å². The Morgan fingerprint density at radius 1 is 1.46 bits per heavy atom. The van der Waals surface area contributed by atoms with E-state index in [1.807, 2.05) is 12.2 Å². The Bertz CT molecular complexity index is 280. The summed E-state index contributed by atoms with van der Waals surface area (Å²) in [6.45, 7) is 0. The second kappa shape index (κ2) is 2.98. The lowest BCUT2D eigenvalue weighted by atomic mass is 9.70. The van der Waals surface area contributed by atoms with E-state index in [-0.39, 0.29) is 23.5 Å². The van der Waals surface area contributed by atoms with Gasteiger partial charge in [-0.25, -0.2) is 0 Å². The number of allylic oxidation sites excluding steroid dienone is 2. The van der Waals surface area contributed by atoms with E-state index in [0.29, 0.717) is 12.8 Å². The van der Waals surface area contributed by atoms with Crippen molar-refractivity contribution in [3.63, 3.8) is 0 Å². The molecule has 70 valence electrons. The van der Waals surface area contributed by atoms with E-state index in [1.165, 1.54) is 0 Å². The first-order valence-corrected chi connectivity index (χ1v) is 4.61. The highest BCUT2D eigenvalue weighted by atomic mass is 16.4. The highest BCUT2D eigenvalue weighted by Gasteiger charge is 2.39. The van der Waals surface area contributed by atoms with Gasteiger partial charge in [-0.1, -0.05) is 12.2 Å². The summed E-state index contributed by atoms with van der Waals surface area (Å²) in [7, 11) is 0. The molecule has 0 aromatic rings. The summed E-state index contributed by atoms with van der Waals surface area (Å²) >= 11 is 0. The molecule has 1 saturated carbocycles. The predicted molar refractivity (Wildman–Crippen MR) is 46.1 cm³/mol. The number of hydrogen-bond donors (Lipinski definition) is 1. The number of carboxylic acid groups (broad SMARTS) is 1. The summed E-state index contributed by atoms with van der Waals surface area (Å²) in [5.41, 5.74) is 0. The van der Waals surface area contributed by atoms with Crippen LogP contribution in [-0.4, -0.2) is 16.9 Å². The van der Waals surface area contributed by atoms with Crippen molar-refractivity contribution in [3.05, 3.63) is 12.2 Å². The average molecular weight is 180 g/mol. The van der Waals surface area contributed by atoms with Gasteiger partial charge in [-0.2, -0.15) is 0 Å². The van der Waals surface area contributed by atoms with Crippen molar-refractivity contribution in [2.45, 2.75) is 19.3 Å². The number of aliphatic carboxylic acids is 1. The van der Waals surface area contributed by atoms with Gasteiger partial charge < -0.3 is 5.11 Å². The molecule has 2 aliphatic carbocycles. The van der Waals surface area contributed by atoms with Gasteiger partial charge in [0, 0.05) is 11.8 Å². The predicted octanol–water partition coefficient (Wildman–Crippen LogP) is 1.24. The maximum atomic E-state index is 11.5. The number of carbonyl (C=O) groups is 2. The first-order chi connectivity index (χ1) is 6.18. The molecule has 2 bridgehead atoms. The van der Waals surface area contributed by atoms with Gasteiger partial charge >= 0.3 is 5.97 Å². The third kappa shape index (κ3) is 1.39. The van der Waals surface area contributed by atoms with Crippen LogP contribution in [0.15, 0.2) is 12.2 Å². The zero-order valence-corrected chi connectivity index (χ0v) is 7.27. The van der Waals surface area contributed by atoms with Crippen LogP contribution in [0.5, 0.6) is 0 Å². The number of rotatable bonds is 1. The smallest absolute Gasteiger partial charge is 0.306 e. The minimum absolute atomic E-state index is 0.0233. The zero-order chi connectivity index (χ0) is 9.42. The molecule has 3 heteroatoms. The van der Waals surface area contributed by atoms with E-state index >= 15 is 0 Å². The van der Waals surface area contributed by atoms with Crippen LogP contribution in [-0.2, 0) is 9.59 Å². The van der Waals surface area contributed by atoms with Crippen molar-refractivity contribution in [1.82, 2.24) is 0 Å². The number of ketones is 1. The monoisotopic (exact) mass is 180 g/mol. The second-order valence-electron chi connectivity index (χ2n) is 3.88. The van der Waals surface area contributed by atoms with Crippen LogP contribution in [0, 0.1) is 17.8 Å². The van der Waals surface area contributed by atoms with Crippen molar-refractivity contribution in [2.75, 3.05) is 0 Å². The highest BCUT2D eigenvalue weighted by Crippen LogP contribution is 2.36. The van der Waals surface area contributed by atoms with Gasteiger partial charge in [0.05, 0.1) is 5.92 Å². The summed E-state index contributed by atoms with van der Waals surface area (Å²) < 4.78 is 0. The number of carbonyl (C=O) groups excluding carboxylic acids is 1. The Hall–Kier alpha value is -1.12. The Morgan fingerprint density at radius 3 is 2.85 bits per heavy atom. The fourth-order valence-electron chi connectivity index (χ4n) is 2.28. The van der Waals surface area contributed by atoms with Crippen molar-refractivity contribution in [2.24, 2.45) is 17.8 Å². The van der Waals surface area contributed by atoms with Gasteiger partial charge in [0.1, 0.15) is 5.78 Å². The number of fused-ring (bicyclic) bond motifs is 2. The van der Waals surface area contributed by atoms with Gasteiger partial charge in [-0.3, -0.25) is 9.59 Å². The molecule has 2 rings (SSSR count). The van der Waals surface area contributed by atoms with E-state index in [4.69, 9.17) is 5.11 Å². The van der Waals surface area contributed by atoms with Crippen molar-refractivity contribution < 1.29 is 14.7 Å². The first kappa shape index (κ1) is 8.48.